The van der Waals surface area contributed by atoms with Crippen molar-refractivity contribution >= 4 is 23.4 Å². The lowest BCUT2D eigenvalue weighted by Gasteiger charge is -2.09. The van der Waals surface area contributed by atoms with Gasteiger partial charge in [-0.2, -0.15) is 0 Å². The summed E-state index contributed by atoms with van der Waals surface area (Å²) in [5.74, 6) is 0. The van der Waals surface area contributed by atoms with E-state index in [0.717, 1.165) is 10.5 Å². The molecule has 0 bridgehead atoms. The first kappa shape index (κ1) is 14.1. The highest BCUT2D eigenvalue weighted by atomic mass is 35.5. The van der Waals surface area contributed by atoms with Gasteiger partial charge in [0.05, 0.1) is 5.02 Å². The number of nitrogens with two attached hydrogens (primary N) is 1. The van der Waals surface area contributed by atoms with Crippen molar-refractivity contribution in [2.45, 2.75) is 29.9 Å². The van der Waals surface area contributed by atoms with E-state index < -0.39 is 0 Å². The van der Waals surface area contributed by atoms with E-state index in [4.69, 9.17) is 17.3 Å². The van der Waals surface area contributed by atoms with Gasteiger partial charge < -0.3 is 10.7 Å². The molecule has 1 heterocycles. The largest absolute Gasteiger partial charge is 0.324 e. The normalized spacial score (nSPS) is 12.4. The lowest BCUT2D eigenvalue weighted by atomic mass is 10.1. The fourth-order valence-corrected chi connectivity index (χ4v) is 2.73. The molecule has 0 aliphatic rings. The third-order valence-electron chi connectivity index (χ3n) is 2.54. The van der Waals surface area contributed by atoms with Crippen LogP contribution >= 0.6 is 23.4 Å². The Morgan fingerprint density at radius 2 is 2.16 bits per heavy atom. The van der Waals surface area contributed by atoms with Crippen LogP contribution < -0.4 is 11.3 Å². The summed E-state index contributed by atoms with van der Waals surface area (Å²) in [6.07, 6.45) is 0. The fraction of sp³-hybridized carbons (Fsp3) is 0.231. The van der Waals surface area contributed by atoms with Crippen molar-refractivity contribution < 1.29 is 0 Å². The average Bonchev–Trinajstić information content (AvgIpc) is 2.30. The molecule has 2 aromatic rings. The van der Waals surface area contributed by atoms with Crippen molar-refractivity contribution in [2.24, 2.45) is 5.73 Å². The maximum atomic E-state index is 11.4. The topological polar surface area (TPSA) is 71.8 Å². The Bertz CT molecular complexity index is 655. The van der Waals surface area contributed by atoms with E-state index in [1.807, 2.05) is 25.1 Å². The standard InChI is InChI=1S/C13H14ClN3OS/c1-7-5-12(18)17-13(16-7)19-11-4-3-9(8(2)15)6-10(11)14/h3-6,8H,15H2,1-2H3,(H,16,17,18)/t8-/m1/s1. The van der Waals surface area contributed by atoms with Gasteiger partial charge in [0, 0.05) is 22.7 Å². The number of hydrogen-bond donors (Lipinski definition) is 2. The van der Waals surface area contributed by atoms with E-state index in [-0.39, 0.29) is 11.6 Å². The number of rotatable bonds is 3. The molecule has 0 amide bonds. The zero-order chi connectivity index (χ0) is 14.0. The van der Waals surface area contributed by atoms with Crippen LogP contribution in [0.4, 0.5) is 0 Å². The number of aromatic amines is 1. The molecule has 100 valence electrons. The number of benzene rings is 1. The Kier molecular flexibility index (Phi) is 4.29. The molecule has 0 unspecified atom stereocenters. The number of hydrogen-bond acceptors (Lipinski definition) is 4. The Balaban J connectivity index is 2.30. The molecule has 3 N–H and O–H groups in total. The zero-order valence-electron chi connectivity index (χ0n) is 10.6. The smallest absolute Gasteiger partial charge is 0.251 e. The summed E-state index contributed by atoms with van der Waals surface area (Å²) >= 11 is 7.53. The maximum absolute atomic E-state index is 11.4. The van der Waals surface area contributed by atoms with E-state index in [1.54, 1.807) is 6.92 Å². The lowest BCUT2D eigenvalue weighted by Crippen LogP contribution is -2.08. The van der Waals surface area contributed by atoms with Crippen LogP contribution in [-0.4, -0.2) is 9.97 Å². The van der Waals surface area contributed by atoms with Gasteiger partial charge in [-0.25, -0.2) is 4.98 Å². The van der Waals surface area contributed by atoms with Crippen LogP contribution in [0.5, 0.6) is 0 Å². The molecule has 0 saturated carbocycles. The van der Waals surface area contributed by atoms with E-state index >= 15 is 0 Å². The molecule has 19 heavy (non-hydrogen) atoms. The molecule has 4 nitrogen and oxygen atoms in total. The van der Waals surface area contributed by atoms with Gasteiger partial charge in [-0.15, -0.1) is 0 Å². The van der Waals surface area contributed by atoms with Crippen molar-refractivity contribution in [3.05, 3.63) is 50.9 Å². The summed E-state index contributed by atoms with van der Waals surface area (Å²) in [5, 5.41) is 1.13. The van der Waals surface area contributed by atoms with Crippen LogP contribution in [0.3, 0.4) is 0 Å². The van der Waals surface area contributed by atoms with E-state index in [2.05, 4.69) is 9.97 Å². The molecular formula is C13H14ClN3OS. The van der Waals surface area contributed by atoms with Gasteiger partial charge in [-0.3, -0.25) is 4.79 Å². The van der Waals surface area contributed by atoms with Gasteiger partial charge in [0.15, 0.2) is 5.16 Å². The minimum Gasteiger partial charge on any atom is -0.324 e. The van der Waals surface area contributed by atoms with Crippen LogP contribution in [0.15, 0.2) is 39.1 Å². The van der Waals surface area contributed by atoms with Gasteiger partial charge in [0.2, 0.25) is 0 Å². The molecule has 1 aromatic heterocycles. The highest BCUT2D eigenvalue weighted by molar-refractivity contribution is 7.99. The number of halogens is 1. The predicted molar refractivity (Wildman–Crippen MR) is 77.8 cm³/mol. The van der Waals surface area contributed by atoms with Crippen LogP contribution in [0.2, 0.25) is 5.02 Å². The Hall–Kier alpha value is -1.30. The summed E-state index contributed by atoms with van der Waals surface area (Å²) in [7, 11) is 0. The fourth-order valence-electron chi connectivity index (χ4n) is 1.59. The van der Waals surface area contributed by atoms with Gasteiger partial charge in [0.25, 0.3) is 5.56 Å². The molecule has 0 aliphatic carbocycles. The molecule has 0 fully saturated rings. The first-order valence-electron chi connectivity index (χ1n) is 5.76. The molecule has 0 aliphatic heterocycles. The van der Waals surface area contributed by atoms with Crippen molar-refractivity contribution in [1.82, 2.24) is 9.97 Å². The average molecular weight is 296 g/mol. The summed E-state index contributed by atoms with van der Waals surface area (Å²) in [6.45, 7) is 3.68. The summed E-state index contributed by atoms with van der Waals surface area (Å²) in [6, 6.07) is 7.03. The third kappa shape index (κ3) is 3.59. The van der Waals surface area contributed by atoms with Crippen molar-refractivity contribution in [3.8, 4) is 0 Å². The van der Waals surface area contributed by atoms with Gasteiger partial charge in [-0.05, 0) is 31.5 Å². The van der Waals surface area contributed by atoms with E-state index in [0.29, 0.717) is 15.9 Å². The first-order chi connectivity index (χ1) is 8.95. The molecule has 0 radical (unpaired) electrons. The minimum atomic E-state index is -0.168. The highest BCUT2D eigenvalue weighted by Crippen LogP contribution is 2.32. The SMILES string of the molecule is Cc1cc(=O)[nH]c(Sc2ccc([C@@H](C)N)cc2Cl)n1. The maximum Gasteiger partial charge on any atom is 0.251 e. The third-order valence-corrected chi connectivity index (χ3v) is 3.92. The number of aryl methyl sites for hydroxylation is 1. The minimum absolute atomic E-state index is 0.0616. The number of H-pyrrole nitrogens is 1. The number of aromatic nitrogens is 2. The molecule has 1 atom stereocenters. The molecule has 0 spiro atoms. The first-order valence-corrected chi connectivity index (χ1v) is 6.96. The Morgan fingerprint density at radius 3 is 2.74 bits per heavy atom. The van der Waals surface area contributed by atoms with Crippen LogP contribution in [0.25, 0.3) is 0 Å². The van der Waals surface area contributed by atoms with Gasteiger partial charge in [0.1, 0.15) is 0 Å². The Morgan fingerprint density at radius 1 is 1.42 bits per heavy atom. The Labute approximate surface area is 120 Å². The molecular weight excluding hydrogens is 282 g/mol. The number of nitrogens with zero attached hydrogens (tertiary/aromatic N) is 1. The van der Waals surface area contributed by atoms with E-state index in [9.17, 15) is 4.79 Å². The monoisotopic (exact) mass is 295 g/mol. The second kappa shape index (κ2) is 5.77. The van der Waals surface area contributed by atoms with Gasteiger partial charge in [-0.1, -0.05) is 29.4 Å². The van der Waals surface area contributed by atoms with Crippen LogP contribution in [0, 0.1) is 6.92 Å². The summed E-state index contributed by atoms with van der Waals surface area (Å²) < 4.78 is 0. The number of nitrogens with one attached hydrogen (secondary N) is 1. The second-order valence-corrected chi connectivity index (χ2v) is 5.71. The van der Waals surface area contributed by atoms with Crippen molar-refractivity contribution in [2.75, 3.05) is 0 Å². The highest BCUT2D eigenvalue weighted by Gasteiger charge is 2.08. The molecule has 0 saturated heterocycles. The van der Waals surface area contributed by atoms with Crippen molar-refractivity contribution in [3.63, 3.8) is 0 Å². The van der Waals surface area contributed by atoms with Crippen LogP contribution in [0.1, 0.15) is 24.2 Å². The quantitative estimate of drug-likeness (QED) is 0.854. The van der Waals surface area contributed by atoms with E-state index in [1.165, 1.54) is 17.8 Å². The summed E-state index contributed by atoms with van der Waals surface area (Å²) in [4.78, 5) is 19.1. The molecule has 1 aromatic carbocycles. The van der Waals surface area contributed by atoms with Crippen LogP contribution in [-0.2, 0) is 0 Å². The molecule has 2 rings (SSSR count). The predicted octanol–water partition coefficient (Wildman–Crippen LogP) is 2.90. The zero-order valence-corrected chi connectivity index (χ0v) is 12.2. The summed E-state index contributed by atoms with van der Waals surface area (Å²) in [5.41, 5.74) is 7.28. The molecule has 6 heteroatoms. The van der Waals surface area contributed by atoms with Crippen molar-refractivity contribution in [1.29, 1.82) is 0 Å². The second-order valence-electron chi connectivity index (χ2n) is 4.27. The lowest BCUT2D eigenvalue weighted by molar-refractivity contribution is 0.817. The van der Waals surface area contributed by atoms with Gasteiger partial charge >= 0.3 is 0 Å².